The minimum absolute atomic E-state index is 0.0823. The van der Waals surface area contributed by atoms with Crippen LogP contribution in [0, 0.1) is 5.82 Å². The third-order valence-electron chi connectivity index (χ3n) is 5.54. The predicted molar refractivity (Wildman–Crippen MR) is 142 cm³/mol. The number of nitrogens with zero attached hydrogens (tertiary/aromatic N) is 2. The van der Waals surface area contributed by atoms with Crippen molar-refractivity contribution in [3.8, 4) is 5.75 Å². The molecule has 1 aliphatic rings. The molecule has 0 saturated carbocycles. The number of carbonyl (C=O) groups is 1. The number of hydrogen-bond donors (Lipinski definition) is 0. The molecular formula is C29H19Cl2FN2O2. The van der Waals surface area contributed by atoms with Crippen molar-refractivity contribution in [1.29, 1.82) is 0 Å². The zero-order chi connectivity index (χ0) is 25.1. The van der Waals surface area contributed by atoms with Gasteiger partial charge in [-0.15, -0.1) is 0 Å². The second-order valence-electron chi connectivity index (χ2n) is 8.05. The van der Waals surface area contributed by atoms with Gasteiger partial charge in [0.05, 0.1) is 16.3 Å². The van der Waals surface area contributed by atoms with Gasteiger partial charge in [0, 0.05) is 16.1 Å². The highest BCUT2D eigenvalue weighted by atomic mass is 35.5. The number of ether oxygens (including phenoxy) is 1. The molecule has 178 valence electrons. The summed E-state index contributed by atoms with van der Waals surface area (Å²) in [5.74, 6) is -0.328. The largest absolute Gasteiger partial charge is 0.487 e. The van der Waals surface area contributed by atoms with Crippen molar-refractivity contribution < 1.29 is 13.9 Å². The van der Waals surface area contributed by atoms with E-state index in [1.54, 1.807) is 30.3 Å². The van der Waals surface area contributed by atoms with Crippen LogP contribution in [0.15, 0.2) is 108 Å². The standard InChI is InChI=1S/C29H19Cl2FN2O2/c30-22-15-21(28(26(31)17-22)36-18-19-8-7-11-23(32)14-19)16-25-27(20-9-3-1-4-10-20)33-34(29(25)35)24-12-5-2-6-13-24/h1-17H,18H2/b25-16-. The van der Waals surface area contributed by atoms with Gasteiger partial charge in [-0.25, -0.2) is 4.39 Å². The van der Waals surface area contributed by atoms with Crippen LogP contribution in [0.1, 0.15) is 16.7 Å². The quantitative estimate of drug-likeness (QED) is 0.248. The Labute approximate surface area is 217 Å². The number of hydrogen-bond acceptors (Lipinski definition) is 3. The maximum atomic E-state index is 13.6. The molecule has 0 N–H and O–H groups in total. The van der Waals surface area contributed by atoms with Gasteiger partial charge in [-0.1, -0.05) is 83.9 Å². The Kier molecular flexibility index (Phi) is 6.85. The molecule has 4 aromatic carbocycles. The van der Waals surface area contributed by atoms with E-state index in [0.29, 0.717) is 38.9 Å². The van der Waals surface area contributed by atoms with E-state index in [-0.39, 0.29) is 23.4 Å². The first-order chi connectivity index (χ1) is 17.5. The maximum absolute atomic E-state index is 13.6. The van der Waals surface area contributed by atoms with Crippen molar-refractivity contribution in [2.24, 2.45) is 5.10 Å². The first-order valence-electron chi connectivity index (χ1n) is 11.1. The molecule has 0 radical (unpaired) electrons. The van der Waals surface area contributed by atoms with Crippen molar-refractivity contribution in [1.82, 2.24) is 0 Å². The Morgan fingerprint density at radius 2 is 1.61 bits per heavy atom. The summed E-state index contributed by atoms with van der Waals surface area (Å²) in [6, 6.07) is 28.0. The lowest BCUT2D eigenvalue weighted by Gasteiger charge is -2.13. The van der Waals surface area contributed by atoms with Crippen LogP contribution in [-0.4, -0.2) is 11.6 Å². The molecule has 4 nitrogen and oxygen atoms in total. The predicted octanol–water partition coefficient (Wildman–Crippen LogP) is 7.55. The molecule has 1 aliphatic heterocycles. The van der Waals surface area contributed by atoms with Crippen LogP contribution in [0.3, 0.4) is 0 Å². The summed E-state index contributed by atoms with van der Waals surface area (Å²) in [5, 5.41) is 6.67. The van der Waals surface area contributed by atoms with Crippen molar-refractivity contribution in [2.45, 2.75) is 6.61 Å². The summed E-state index contributed by atoms with van der Waals surface area (Å²) in [7, 11) is 0. The molecule has 0 saturated heterocycles. The molecule has 0 atom stereocenters. The van der Waals surface area contributed by atoms with Crippen molar-refractivity contribution in [3.63, 3.8) is 0 Å². The highest BCUT2D eigenvalue weighted by Gasteiger charge is 2.32. The van der Waals surface area contributed by atoms with Gasteiger partial charge in [-0.3, -0.25) is 4.79 Å². The fourth-order valence-electron chi connectivity index (χ4n) is 3.88. The molecule has 0 unspecified atom stereocenters. The summed E-state index contributed by atoms with van der Waals surface area (Å²) in [4.78, 5) is 13.6. The van der Waals surface area contributed by atoms with Crippen LogP contribution in [0.4, 0.5) is 10.1 Å². The van der Waals surface area contributed by atoms with E-state index in [0.717, 1.165) is 5.56 Å². The highest BCUT2D eigenvalue weighted by Crippen LogP contribution is 2.36. The maximum Gasteiger partial charge on any atom is 0.281 e. The van der Waals surface area contributed by atoms with Crippen LogP contribution in [0.25, 0.3) is 6.08 Å². The zero-order valence-corrected chi connectivity index (χ0v) is 20.4. The van der Waals surface area contributed by atoms with Crippen molar-refractivity contribution in [3.05, 3.63) is 135 Å². The lowest BCUT2D eigenvalue weighted by atomic mass is 10.00. The van der Waals surface area contributed by atoms with E-state index in [2.05, 4.69) is 5.10 Å². The summed E-state index contributed by atoms with van der Waals surface area (Å²) in [6.45, 7) is 0.0823. The molecule has 5 rings (SSSR count). The number of benzene rings is 4. The Balaban J connectivity index is 1.58. The van der Waals surface area contributed by atoms with E-state index >= 15 is 0 Å². The number of halogens is 3. The Bertz CT molecular complexity index is 1490. The fourth-order valence-corrected chi connectivity index (χ4v) is 4.44. The number of rotatable bonds is 6. The summed E-state index contributed by atoms with van der Waals surface area (Å²) < 4.78 is 19.6. The van der Waals surface area contributed by atoms with Crippen LogP contribution < -0.4 is 9.75 Å². The normalized spacial score (nSPS) is 14.3. The van der Waals surface area contributed by atoms with E-state index in [1.807, 2.05) is 60.7 Å². The minimum atomic E-state index is -0.359. The second kappa shape index (κ2) is 10.4. The summed E-state index contributed by atoms with van der Waals surface area (Å²) >= 11 is 12.8. The molecule has 4 aromatic rings. The number of hydrazone groups is 1. The Morgan fingerprint density at radius 1 is 0.889 bits per heavy atom. The van der Waals surface area contributed by atoms with Gasteiger partial charge in [0.1, 0.15) is 23.9 Å². The smallest absolute Gasteiger partial charge is 0.281 e. The van der Waals surface area contributed by atoms with Gasteiger partial charge in [0.2, 0.25) is 0 Å². The van der Waals surface area contributed by atoms with E-state index in [1.165, 1.54) is 17.1 Å². The highest BCUT2D eigenvalue weighted by molar-refractivity contribution is 6.38. The SMILES string of the molecule is O=C1/C(=C\c2cc(Cl)cc(Cl)c2OCc2cccc(F)c2)C(c2ccccc2)=NN1c1ccccc1. The number of anilines is 1. The van der Waals surface area contributed by atoms with Crippen LogP contribution in [-0.2, 0) is 11.4 Å². The third kappa shape index (κ3) is 5.03. The molecule has 36 heavy (non-hydrogen) atoms. The number of para-hydroxylation sites is 1. The topological polar surface area (TPSA) is 41.9 Å². The van der Waals surface area contributed by atoms with Gasteiger partial charge in [0.25, 0.3) is 5.91 Å². The first-order valence-corrected chi connectivity index (χ1v) is 11.9. The Morgan fingerprint density at radius 3 is 2.33 bits per heavy atom. The lowest BCUT2D eigenvalue weighted by molar-refractivity contribution is -0.114. The molecular weight excluding hydrogens is 498 g/mol. The fraction of sp³-hybridized carbons (Fsp3) is 0.0345. The first kappa shape index (κ1) is 23.8. The van der Waals surface area contributed by atoms with E-state index in [9.17, 15) is 9.18 Å². The molecule has 7 heteroatoms. The molecule has 0 aliphatic carbocycles. The Hall–Kier alpha value is -3.93. The number of amides is 1. The third-order valence-corrected chi connectivity index (χ3v) is 6.03. The average molecular weight is 517 g/mol. The molecule has 1 amide bonds. The second-order valence-corrected chi connectivity index (χ2v) is 8.89. The summed E-state index contributed by atoms with van der Waals surface area (Å²) in [6.07, 6.45) is 1.68. The average Bonchev–Trinajstić information content (AvgIpc) is 3.20. The molecule has 0 bridgehead atoms. The van der Waals surface area contributed by atoms with Crippen LogP contribution in [0.5, 0.6) is 5.75 Å². The van der Waals surface area contributed by atoms with Crippen molar-refractivity contribution in [2.75, 3.05) is 5.01 Å². The summed E-state index contributed by atoms with van der Waals surface area (Å²) in [5.41, 5.74) is 3.44. The van der Waals surface area contributed by atoms with Crippen molar-refractivity contribution >= 4 is 46.6 Å². The van der Waals surface area contributed by atoms with Gasteiger partial charge >= 0.3 is 0 Å². The molecule has 1 heterocycles. The van der Waals surface area contributed by atoms with E-state index < -0.39 is 0 Å². The van der Waals surface area contributed by atoms with E-state index in [4.69, 9.17) is 27.9 Å². The van der Waals surface area contributed by atoms with Gasteiger partial charge < -0.3 is 4.74 Å². The molecule has 0 spiro atoms. The van der Waals surface area contributed by atoms with Crippen LogP contribution >= 0.6 is 23.2 Å². The van der Waals surface area contributed by atoms with Gasteiger partial charge in [-0.2, -0.15) is 10.1 Å². The monoisotopic (exact) mass is 516 g/mol. The van der Waals surface area contributed by atoms with Gasteiger partial charge in [0.15, 0.2) is 0 Å². The van der Waals surface area contributed by atoms with Crippen LogP contribution in [0.2, 0.25) is 10.0 Å². The minimum Gasteiger partial charge on any atom is -0.487 e. The lowest BCUT2D eigenvalue weighted by Crippen LogP contribution is -2.21. The zero-order valence-electron chi connectivity index (χ0n) is 18.9. The molecule has 0 fully saturated rings. The number of carbonyl (C=O) groups excluding carboxylic acids is 1. The molecule has 0 aromatic heterocycles. The van der Waals surface area contributed by atoms with Gasteiger partial charge in [-0.05, 0) is 48.0 Å².